The standard InChI is InChI=1S/C27H27Cl3N2O2S/c1-2-31-27(34)25(15-19-8-4-3-5-9-19)32(16-21-10-6-7-11-22(21)28)26(33)18-35-17-20-12-13-23(29)24(30)14-20/h3-14,25H,2,15-18H2,1H3,(H,31,34)/t25-/m1/s1. The highest BCUT2D eigenvalue weighted by atomic mass is 35.5. The normalized spacial score (nSPS) is 11.7. The van der Waals surface area contributed by atoms with Gasteiger partial charge in [-0.2, -0.15) is 0 Å². The molecule has 0 saturated heterocycles. The van der Waals surface area contributed by atoms with Crippen molar-refractivity contribution in [2.45, 2.75) is 31.7 Å². The third kappa shape index (κ3) is 8.18. The molecule has 2 amide bonds. The molecule has 1 N–H and O–H groups in total. The van der Waals surface area contributed by atoms with Gasteiger partial charge in [0.25, 0.3) is 0 Å². The van der Waals surface area contributed by atoms with Gasteiger partial charge >= 0.3 is 0 Å². The van der Waals surface area contributed by atoms with Gasteiger partial charge in [0.1, 0.15) is 6.04 Å². The van der Waals surface area contributed by atoms with Crippen LogP contribution in [0.3, 0.4) is 0 Å². The molecular weight excluding hydrogens is 523 g/mol. The molecule has 0 aliphatic rings. The molecule has 3 aromatic carbocycles. The Labute approximate surface area is 225 Å². The van der Waals surface area contributed by atoms with E-state index in [0.717, 1.165) is 16.7 Å². The van der Waals surface area contributed by atoms with E-state index in [9.17, 15) is 9.59 Å². The molecule has 3 aromatic rings. The third-order valence-corrected chi connectivity index (χ3v) is 7.50. The van der Waals surface area contributed by atoms with Gasteiger partial charge in [-0.15, -0.1) is 11.8 Å². The van der Waals surface area contributed by atoms with Crippen LogP contribution < -0.4 is 5.32 Å². The lowest BCUT2D eigenvalue weighted by Gasteiger charge is -2.31. The fraction of sp³-hybridized carbons (Fsp3) is 0.259. The van der Waals surface area contributed by atoms with E-state index in [-0.39, 0.29) is 24.1 Å². The molecule has 184 valence electrons. The Hall–Kier alpha value is -2.18. The minimum atomic E-state index is -0.674. The van der Waals surface area contributed by atoms with Gasteiger partial charge in [0.2, 0.25) is 11.8 Å². The first-order valence-electron chi connectivity index (χ1n) is 11.2. The van der Waals surface area contributed by atoms with Crippen LogP contribution in [0.15, 0.2) is 72.8 Å². The van der Waals surface area contributed by atoms with Crippen LogP contribution in [0, 0.1) is 0 Å². The molecule has 35 heavy (non-hydrogen) atoms. The van der Waals surface area contributed by atoms with Gasteiger partial charge in [0, 0.05) is 30.3 Å². The first-order chi connectivity index (χ1) is 16.9. The van der Waals surface area contributed by atoms with Gasteiger partial charge in [0.05, 0.1) is 15.8 Å². The molecule has 0 bridgehead atoms. The Morgan fingerprint density at radius 1 is 0.886 bits per heavy atom. The zero-order valence-electron chi connectivity index (χ0n) is 19.3. The SMILES string of the molecule is CCNC(=O)[C@@H](Cc1ccccc1)N(Cc1ccccc1Cl)C(=O)CSCc1ccc(Cl)c(Cl)c1. The number of hydrogen-bond donors (Lipinski definition) is 1. The van der Waals surface area contributed by atoms with Gasteiger partial charge in [-0.3, -0.25) is 9.59 Å². The second-order valence-electron chi connectivity index (χ2n) is 7.95. The topological polar surface area (TPSA) is 49.4 Å². The summed E-state index contributed by atoms with van der Waals surface area (Å²) in [6.07, 6.45) is 0.403. The maximum Gasteiger partial charge on any atom is 0.243 e. The lowest BCUT2D eigenvalue weighted by molar-refractivity contribution is -0.139. The maximum absolute atomic E-state index is 13.5. The summed E-state index contributed by atoms with van der Waals surface area (Å²) >= 11 is 20.0. The summed E-state index contributed by atoms with van der Waals surface area (Å²) < 4.78 is 0. The Morgan fingerprint density at radius 2 is 1.60 bits per heavy atom. The summed E-state index contributed by atoms with van der Waals surface area (Å²) in [6, 6.07) is 21.9. The quantitative estimate of drug-likeness (QED) is 0.291. The summed E-state index contributed by atoms with van der Waals surface area (Å²) in [5, 5.41) is 4.43. The van der Waals surface area contributed by atoms with E-state index in [2.05, 4.69) is 5.32 Å². The molecule has 0 radical (unpaired) electrons. The average molecular weight is 550 g/mol. The lowest BCUT2D eigenvalue weighted by Crippen LogP contribution is -2.51. The monoisotopic (exact) mass is 548 g/mol. The van der Waals surface area contributed by atoms with Crippen LogP contribution in [0.5, 0.6) is 0 Å². The van der Waals surface area contributed by atoms with E-state index in [1.165, 1.54) is 11.8 Å². The van der Waals surface area contributed by atoms with Crippen molar-refractivity contribution in [3.05, 3.63) is 105 Å². The summed E-state index contributed by atoms with van der Waals surface area (Å²) in [5.74, 6) is 0.469. The molecule has 0 unspecified atom stereocenters. The van der Waals surface area contributed by atoms with Crippen LogP contribution in [0.1, 0.15) is 23.6 Å². The Balaban J connectivity index is 1.83. The van der Waals surface area contributed by atoms with Gasteiger partial charge in [-0.05, 0) is 41.8 Å². The van der Waals surface area contributed by atoms with Crippen molar-refractivity contribution in [3.63, 3.8) is 0 Å². The first kappa shape index (κ1) is 27.4. The van der Waals surface area contributed by atoms with Crippen molar-refractivity contribution < 1.29 is 9.59 Å². The highest BCUT2D eigenvalue weighted by molar-refractivity contribution is 7.99. The van der Waals surface area contributed by atoms with Crippen molar-refractivity contribution in [3.8, 4) is 0 Å². The van der Waals surface area contributed by atoms with Crippen molar-refractivity contribution in [1.29, 1.82) is 0 Å². The molecule has 0 fully saturated rings. The summed E-state index contributed by atoms with van der Waals surface area (Å²) in [5.41, 5.74) is 2.74. The minimum absolute atomic E-state index is 0.137. The summed E-state index contributed by atoms with van der Waals surface area (Å²) in [7, 11) is 0. The number of halogens is 3. The van der Waals surface area contributed by atoms with Gasteiger partial charge in [0.15, 0.2) is 0 Å². The fourth-order valence-corrected chi connectivity index (χ4v) is 5.00. The van der Waals surface area contributed by atoms with Gasteiger partial charge in [-0.1, -0.05) is 89.4 Å². The van der Waals surface area contributed by atoms with Crippen molar-refractivity contribution in [2.24, 2.45) is 0 Å². The number of carbonyl (C=O) groups excluding carboxylic acids is 2. The highest BCUT2D eigenvalue weighted by Crippen LogP contribution is 2.26. The molecule has 0 saturated carbocycles. The Bertz CT molecular complexity index is 1140. The van der Waals surface area contributed by atoms with Gasteiger partial charge in [-0.25, -0.2) is 0 Å². The van der Waals surface area contributed by atoms with E-state index in [1.54, 1.807) is 23.1 Å². The fourth-order valence-electron chi connectivity index (χ4n) is 3.62. The van der Waals surface area contributed by atoms with Gasteiger partial charge < -0.3 is 10.2 Å². The predicted molar refractivity (Wildman–Crippen MR) is 147 cm³/mol. The Kier molecular flexibility index (Phi) is 10.8. The van der Waals surface area contributed by atoms with Crippen molar-refractivity contribution in [1.82, 2.24) is 10.2 Å². The summed E-state index contributed by atoms with van der Waals surface area (Å²) in [4.78, 5) is 28.3. The number of rotatable bonds is 11. The molecule has 0 aromatic heterocycles. The number of thioether (sulfide) groups is 1. The van der Waals surface area contributed by atoms with Crippen LogP contribution in [0.4, 0.5) is 0 Å². The molecule has 4 nitrogen and oxygen atoms in total. The second-order valence-corrected chi connectivity index (χ2v) is 10.2. The number of nitrogens with zero attached hydrogens (tertiary/aromatic N) is 1. The number of likely N-dealkylation sites (N-methyl/N-ethyl adjacent to an activating group) is 1. The molecule has 0 heterocycles. The number of amides is 2. The molecular formula is C27H27Cl3N2O2S. The third-order valence-electron chi connectivity index (χ3n) is 5.40. The molecule has 0 aliphatic heterocycles. The number of carbonyl (C=O) groups is 2. The van der Waals surface area contributed by atoms with Crippen LogP contribution in [-0.2, 0) is 28.3 Å². The van der Waals surface area contributed by atoms with Crippen LogP contribution in [0.2, 0.25) is 15.1 Å². The van der Waals surface area contributed by atoms with E-state index in [0.29, 0.717) is 33.8 Å². The zero-order chi connectivity index (χ0) is 25.2. The van der Waals surface area contributed by atoms with Crippen LogP contribution in [0.25, 0.3) is 0 Å². The highest BCUT2D eigenvalue weighted by Gasteiger charge is 2.30. The van der Waals surface area contributed by atoms with E-state index >= 15 is 0 Å². The minimum Gasteiger partial charge on any atom is -0.355 e. The molecule has 3 rings (SSSR count). The van der Waals surface area contributed by atoms with E-state index in [1.807, 2.05) is 61.5 Å². The number of benzene rings is 3. The Morgan fingerprint density at radius 3 is 2.29 bits per heavy atom. The average Bonchev–Trinajstić information content (AvgIpc) is 2.85. The predicted octanol–water partition coefficient (Wildman–Crippen LogP) is 6.66. The molecule has 1 atom stereocenters. The second kappa shape index (κ2) is 13.8. The number of nitrogens with one attached hydrogen (secondary N) is 1. The smallest absolute Gasteiger partial charge is 0.243 e. The molecule has 0 aliphatic carbocycles. The van der Waals surface area contributed by atoms with Crippen molar-refractivity contribution >= 4 is 58.4 Å². The largest absolute Gasteiger partial charge is 0.355 e. The van der Waals surface area contributed by atoms with Crippen molar-refractivity contribution in [2.75, 3.05) is 12.3 Å². The maximum atomic E-state index is 13.5. The number of hydrogen-bond acceptors (Lipinski definition) is 3. The lowest BCUT2D eigenvalue weighted by atomic mass is 10.0. The molecule has 8 heteroatoms. The van der Waals surface area contributed by atoms with Crippen LogP contribution in [-0.4, -0.2) is 35.1 Å². The first-order valence-corrected chi connectivity index (χ1v) is 13.5. The van der Waals surface area contributed by atoms with Crippen LogP contribution >= 0.6 is 46.6 Å². The zero-order valence-corrected chi connectivity index (χ0v) is 22.4. The molecule has 0 spiro atoms. The summed E-state index contributed by atoms with van der Waals surface area (Å²) in [6.45, 7) is 2.58. The van der Waals surface area contributed by atoms with E-state index < -0.39 is 6.04 Å². The van der Waals surface area contributed by atoms with E-state index in [4.69, 9.17) is 34.8 Å².